The van der Waals surface area contributed by atoms with Crippen molar-refractivity contribution in [1.29, 1.82) is 0 Å². The third kappa shape index (κ3) is 4.15. The third-order valence-corrected chi connectivity index (χ3v) is 5.30. The summed E-state index contributed by atoms with van der Waals surface area (Å²) in [6, 6.07) is -0.346. The third-order valence-electron chi connectivity index (χ3n) is 5.30. The van der Waals surface area contributed by atoms with Crippen molar-refractivity contribution in [3.8, 4) is 0 Å². The minimum atomic E-state index is -0.346. The van der Waals surface area contributed by atoms with Gasteiger partial charge in [0.1, 0.15) is 6.04 Å². The van der Waals surface area contributed by atoms with E-state index in [1.165, 1.54) is 6.92 Å². The fraction of sp³-hybridized carbons (Fsp3) is 0.667. The SMILES string of the molecule is CC(=O)N1CCC[C@H]1C(=O)NCc1nccnc1C1CCN(C)CC1. The molecule has 7 nitrogen and oxygen atoms in total. The highest BCUT2D eigenvalue weighted by molar-refractivity contribution is 5.87. The van der Waals surface area contributed by atoms with Crippen LogP contribution in [0.15, 0.2) is 12.4 Å². The Morgan fingerprint density at radius 3 is 2.60 bits per heavy atom. The highest BCUT2D eigenvalue weighted by Crippen LogP contribution is 2.27. The Morgan fingerprint density at radius 1 is 1.16 bits per heavy atom. The molecule has 2 saturated heterocycles. The normalized spacial score (nSPS) is 22.2. The molecule has 3 rings (SSSR count). The summed E-state index contributed by atoms with van der Waals surface area (Å²) in [5, 5.41) is 2.97. The van der Waals surface area contributed by atoms with Gasteiger partial charge in [0.05, 0.1) is 17.9 Å². The maximum absolute atomic E-state index is 12.5. The Morgan fingerprint density at radius 2 is 1.88 bits per heavy atom. The zero-order chi connectivity index (χ0) is 17.8. The van der Waals surface area contributed by atoms with Crippen LogP contribution < -0.4 is 5.32 Å². The molecule has 0 saturated carbocycles. The molecule has 3 heterocycles. The molecule has 25 heavy (non-hydrogen) atoms. The Balaban J connectivity index is 1.63. The molecule has 1 atom stereocenters. The summed E-state index contributed by atoms with van der Waals surface area (Å²) in [5.74, 6) is 0.272. The second-order valence-corrected chi connectivity index (χ2v) is 7.05. The number of piperidine rings is 1. The van der Waals surface area contributed by atoms with Crippen molar-refractivity contribution in [3.05, 3.63) is 23.8 Å². The van der Waals surface area contributed by atoms with Gasteiger partial charge in [0.2, 0.25) is 11.8 Å². The molecule has 2 aliphatic rings. The first-order valence-electron chi connectivity index (χ1n) is 9.09. The van der Waals surface area contributed by atoms with Crippen molar-refractivity contribution in [2.75, 3.05) is 26.7 Å². The summed E-state index contributed by atoms with van der Waals surface area (Å²) in [7, 11) is 2.14. The van der Waals surface area contributed by atoms with E-state index in [4.69, 9.17) is 0 Å². The largest absolute Gasteiger partial charge is 0.349 e. The van der Waals surface area contributed by atoms with Crippen LogP contribution in [0.3, 0.4) is 0 Å². The summed E-state index contributed by atoms with van der Waals surface area (Å²) in [5.41, 5.74) is 1.85. The molecule has 0 aromatic carbocycles. The van der Waals surface area contributed by atoms with Crippen LogP contribution >= 0.6 is 0 Å². The molecule has 1 N–H and O–H groups in total. The van der Waals surface area contributed by atoms with Crippen molar-refractivity contribution < 1.29 is 9.59 Å². The number of rotatable bonds is 4. The molecule has 2 amide bonds. The molecule has 136 valence electrons. The molecular formula is C18H27N5O2. The molecule has 2 fully saturated rings. The lowest BCUT2D eigenvalue weighted by molar-refractivity contribution is -0.136. The number of likely N-dealkylation sites (tertiary alicyclic amines) is 2. The molecule has 0 unspecified atom stereocenters. The maximum atomic E-state index is 12.5. The molecule has 0 radical (unpaired) electrons. The predicted molar refractivity (Wildman–Crippen MR) is 93.8 cm³/mol. The lowest BCUT2D eigenvalue weighted by atomic mass is 9.92. The Hall–Kier alpha value is -2.02. The van der Waals surface area contributed by atoms with Gasteiger partial charge in [-0.1, -0.05) is 0 Å². The summed E-state index contributed by atoms with van der Waals surface area (Å²) in [6.07, 6.45) is 7.15. The van der Waals surface area contributed by atoms with E-state index in [9.17, 15) is 9.59 Å². The molecular weight excluding hydrogens is 318 g/mol. The van der Waals surface area contributed by atoms with Gasteiger partial charge in [-0.3, -0.25) is 19.6 Å². The van der Waals surface area contributed by atoms with Gasteiger partial charge in [-0.05, 0) is 45.8 Å². The van der Waals surface area contributed by atoms with E-state index in [0.29, 0.717) is 19.0 Å². The van der Waals surface area contributed by atoms with Gasteiger partial charge in [-0.15, -0.1) is 0 Å². The first kappa shape index (κ1) is 17.8. The van der Waals surface area contributed by atoms with Crippen LogP contribution in [-0.4, -0.2) is 64.3 Å². The Kier molecular flexibility index (Phi) is 5.63. The zero-order valence-corrected chi connectivity index (χ0v) is 15.1. The second-order valence-electron chi connectivity index (χ2n) is 7.05. The zero-order valence-electron chi connectivity index (χ0n) is 15.1. The van der Waals surface area contributed by atoms with Gasteiger partial charge in [-0.25, -0.2) is 0 Å². The van der Waals surface area contributed by atoms with Crippen LogP contribution in [0.1, 0.15) is 49.9 Å². The number of nitrogens with zero attached hydrogens (tertiary/aromatic N) is 4. The number of carbonyl (C=O) groups excluding carboxylic acids is 2. The molecule has 7 heteroatoms. The van der Waals surface area contributed by atoms with E-state index in [1.54, 1.807) is 17.3 Å². The topological polar surface area (TPSA) is 78.4 Å². The standard InChI is InChI=1S/C18H27N5O2/c1-13(24)23-9-3-4-16(23)18(25)21-12-15-17(20-8-7-19-15)14-5-10-22(2)11-6-14/h7-8,14,16H,3-6,9-12H2,1-2H3,(H,21,25)/t16-/m0/s1. The highest BCUT2D eigenvalue weighted by atomic mass is 16.2. The number of hydrogen-bond donors (Lipinski definition) is 1. The van der Waals surface area contributed by atoms with Crippen molar-refractivity contribution in [2.45, 2.75) is 51.1 Å². The van der Waals surface area contributed by atoms with Crippen LogP contribution in [0, 0.1) is 0 Å². The van der Waals surface area contributed by atoms with E-state index in [0.717, 1.165) is 50.2 Å². The van der Waals surface area contributed by atoms with Gasteiger partial charge in [0.25, 0.3) is 0 Å². The smallest absolute Gasteiger partial charge is 0.243 e. The van der Waals surface area contributed by atoms with Crippen LogP contribution in [0.4, 0.5) is 0 Å². The van der Waals surface area contributed by atoms with Crippen molar-refractivity contribution in [3.63, 3.8) is 0 Å². The summed E-state index contributed by atoms with van der Waals surface area (Å²) < 4.78 is 0. The number of hydrogen-bond acceptors (Lipinski definition) is 5. The monoisotopic (exact) mass is 345 g/mol. The van der Waals surface area contributed by atoms with Crippen LogP contribution in [0.2, 0.25) is 0 Å². The number of amides is 2. The first-order valence-corrected chi connectivity index (χ1v) is 9.09. The molecule has 0 bridgehead atoms. The fourth-order valence-electron chi connectivity index (χ4n) is 3.84. The molecule has 0 spiro atoms. The van der Waals surface area contributed by atoms with E-state index in [-0.39, 0.29) is 17.9 Å². The van der Waals surface area contributed by atoms with E-state index < -0.39 is 0 Å². The molecule has 2 aliphatic heterocycles. The minimum absolute atomic E-state index is 0.0378. The van der Waals surface area contributed by atoms with Crippen LogP contribution in [0.5, 0.6) is 0 Å². The summed E-state index contributed by atoms with van der Waals surface area (Å²) >= 11 is 0. The average Bonchev–Trinajstić information content (AvgIpc) is 3.11. The number of nitrogens with one attached hydrogen (secondary N) is 1. The van der Waals surface area contributed by atoms with Gasteiger partial charge < -0.3 is 15.1 Å². The average molecular weight is 345 g/mol. The first-order chi connectivity index (χ1) is 12.1. The van der Waals surface area contributed by atoms with Crippen molar-refractivity contribution in [1.82, 2.24) is 25.1 Å². The van der Waals surface area contributed by atoms with E-state index in [2.05, 4.69) is 27.2 Å². The molecule has 0 aliphatic carbocycles. The second kappa shape index (κ2) is 7.91. The minimum Gasteiger partial charge on any atom is -0.349 e. The Labute approximate surface area is 148 Å². The predicted octanol–water partition coefficient (Wildman–Crippen LogP) is 0.913. The Bertz CT molecular complexity index is 628. The maximum Gasteiger partial charge on any atom is 0.243 e. The van der Waals surface area contributed by atoms with E-state index in [1.807, 2.05) is 0 Å². The van der Waals surface area contributed by atoms with Gasteiger partial charge >= 0.3 is 0 Å². The summed E-state index contributed by atoms with van der Waals surface area (Å²) in [4.78, 5) is 37.1. The molecule has 1 aromatic heterocycles. The van der Waals surface area contributed by atoms with Crippen LogP contribution in [-0.2, 0) is 16.1 Å². The highest BCUT2D eigenvalue weighted by Gasteiger charge is 2.32. The van der Waals surface area contributed by atoms with Gasteiger partial charge in [0.15, 0.2) is 0 Å². The van der Waals surface area contributed by atoms with Gasteiger partial charge in [-0.2, -0.15) is 0 Å². The van der Waals surface area contributed by atoms with E-state index >= 15 is 0 Å². The number of aromatic nitrogens is 2. The van der Waals surface area contributed by atoms with Crippen molar-refractivity contribution in [2.24, 2.45) is 0 Å². The molecule has 1 aromatic rings. The number of carbonyl (C=O) groups is 2. The fourth-order valence-corrected chi connectivity index (χ4v) is 3.84. The summed E-state index contributed by atoms with van der Waals surface area (Å²) in [6.45, 7) is 4.67. The van der Waals surface area contributed by atoms with Crippen molar-refractivity contribution >= 4 is 11.8 Å². The lowest BCUT2D eigenvalue weighted by Crippen LogP contribution is -2.45. The quantitative estimate of drug-likeness (QED) is 0.878. The van der Waals surface area contributed by atoms with Gasteiger partial charge in [0, 0.05) is 31.8 Å². The van der Waals surface area contributed by atoms with Crippen LogP contribution in [0.25, 0.3) is 0 Å². The lowest BCUT2D eigenvalue weighted by Gasteiger charge is -2.29.